The first-order valence-corrected chi connectivity index (χ1v) is 4.77. The minimum Gasteiger partial charge on any atom is -0.481 e. The second-order valence-corrected chi connectivity index (χ2v) is 3.24. The maximum Gasteiger partial charge on any atom is 0.303 e. The van der Waals surface area contributed by atoms with Gasteiger partial charge < -0.3 is 14.7 Å². The molecule has 0 spiro atoms. The van der Waals surface area contributed by atoms with E-state index in [2.05, 4.69) is 0 Å². The molecular formula is C9H15NO4. The molecule has 14 heavy (non-hydrogen) atoms. The Morgan fingerprint density at radius 2 is 1.86 bits per heavy atom. The number of carboxylic acid groups (broad SMARTS) is 1. The van der Waals surface area contributed by atoms with E-state index >= 15 is 0 Å². The molecule has 0 aromatic heterocycles. The quantitative estimate of drug-likeness (QED) is 0.700. The number of carboxylic acids is 1. The topological polar surface area (TPSA) is 66.8 Å². The maximum absolute atomic E-state index is 11.5. The Morgan fingerprint density at radius 3 is 2.43 bits per heavy atom. The third-order valence-electron chi connectivity index (χ3n) is 2.15. The molecule has 5 heteroatoms. The smallest absolute Gasteiger partial charge is 0.303 e. The van der Waals surface area contributed by atoms with Crippen molar-refractivity contribution in [1.82, 2.24) is 4.90 Å². The van der Waals surface area contributed by atoms with Crippen LogP contribution >= 0.6 is 0 Å². The lowest BCUT2D eigenvalue weighted by Gasteiger charge is -2.26. The first kappa shape index (κ1) is 11.0. The van der Waals surface area contributed by atoms with Crippen LogP contribution in [0.5, 0.6) is 0 Å². The Kier molecular flexibility index (Phi) is 4.39. The first-order chi connectivity index (χ1) is 6.70. The molecule has 0 aliphatic carbocycles. The lowest BCUT2D eigenvalue weighted by Crippen LogP contribution is -2.40. The molecule has 0 unspecified atom stereocenters. The molecule has 0 atom stereocenters. The summed E-state index contributed by atoms with van der Waals surface area (Å²) in [7, 11) is 0. The highest BCUT2D eigenvalue weighted by Gasteiger charge is 2.16. The van der Waals surface area contributed by atoms with E-state index in [0.717, 1.165) is 0 Å². The van der Waals surface area contributed by atoms with E-state index in [9.17, 15) is 9.59 Å². The molecule has 0 aromatic rings. The van der Waals surface area contributed by atoms with Crippen molar-refractivity contribution >= 4 is 11.9 Å². The molecule has 1 rings (SSSR count). The molecule has 0 aromatic carbocycles. The second-order valence-electron chi connectivity index (χ2n) is 3.24. The normalized spacial score (nSPS) is 16.7. The highest BCUT2D eigenvalue weighted by atomic mass is 16.5. The molecule has 0 radical (unpaired) electrons. The summed E-state index contributed by atoms with van der Waals surface area (Å²) in [5.74, 6) is -0.811. The van der Waals surface area contributed by atoms with E-state index in [1.165, 1.54) is 0 Å². The summed E-state index contributed by atoms with van der Waals surface area (Å²) in [6.07, 6.45) is 0.813. The van der Waals surface area contributed by atoms with Gasteiger partial charge in [0.1, 0.15) is 0 Å². The van der Waals surface area contributed by atoms with Gasteiger partial charge in [0, 0.05) is 25.9 Å². The minimum absolute atomic E-state index is 0.0366. The van der Waals surface area contributed by atoms with Gasteiger partial charge in [-0.05, 0) is 6.42 Å². The molecule has 1 aliphatic rings. The molecule has 1 N–H and O–H groups in total. The number of ether oxygens (including phenoxy) is 1. The van der Waals surface area contributed by atoms with Gasteiger partial charge >= 0.3 is 5.97 Å². The number of carbonyl (C=O) groups is 2. The van der Waals surface area contributed by atoms with Crippen molar-refractivity contribution in [2.24, 2.45) is 0 Å². The van der Waals surface area contributed by atoms with Gasteiger partial charge in [0.25, 0.3) is 0 Å². The zero-order chi connectivity index (χ0) is 10.4. The van der Waals surface area contributed by atoms with E-state index in [1.807, 2.05) is 0 Å². The lowest BCUT2D eigenvalue weighted by atomic mass is 10.2. The van der Waals surface area contributed by atoms with Crippen LogP contribution in [0.15, 0.2) is 0 Å². The zero-order valence-corrected chi connectivity index (χ0v) is 8.07. The van der Waals surface area contributed by atoms with E-state index in [-0.39, 0.29) is 12.3 Å². The zero-order valence-electron chi connectivity index (χ0n) is 8.07. The van der Waals surface area contributed by atoms with Crippen LogP contribution in [0.1, 0.15) is 19.3 Å². The third kappa shape index (κ3) is 3.74. The second kappa shape index (κ2) is 5.59. The molecular weight excluding hydrogens is 186 g/mol. The van der Waals surface area contributed by atoms with Gasteiger partial charge in [-0.15, -0.1) is 0 Å². The number of carbonyl (C=O) groups excluding carboxylic acids is 1. The van der Waals surface area contributed by atoms with Gasteiger partial charge in [0.2, 0.25) is 5.91 Å². The largest absolute Gasteiger partial charge is 0.481 e. The van der Waals surface area contributed by atoms with Crippen LogP contribution in [0, 0.1) is 0 Å². The molecule has 5 nitrogen and oxygen atoms in total. The summed E-state index contributed by atoms with van der Waals surface area (Å²) in [6, 6.07) is 0. The summed E-state index contributed by atoms with van der Waals surface area (Å²) in [4.78, 5) is 23.4. The van der Waals surface area contributed by atoms with Crippen molar-refractivity contribution in [1.29, 1.82) is 0 Å². The monoisotopic (exact) mass is 201 g/mol. The van der Waals surface area contributed by atoms with Crippen LogP contribution in [0.2, 0.25) is 0 Å². The number of nitrogens with zero attached hydrogens (tertiary/aromatic N) is 1. The van der Waals surface area contributed by atoms with Crippen molar-refractivity contribution < 1.29 is 19.4 Å². The molecule has 1 amide bonds. The van der Waals surface area contributed by atoms with Gasteiger partial charge in [-0.1, -0.05) is 0 Å². The molecule has 1 saturated heterocycles. The molecule has 1 fully saturated rings. The number of rotatable bonds is 4. The summed E-state index contributed by atoms with van der Waals surface area (Å²) < 4.78 is 5.10. The first-order valence-electron chi connectivity index (χ1n) is 4.77. The summed E-state index contributed by atoms with van der Waals surface area (Å²) in [6.45, 7) is 2.44. The van der Waals surface area contributed by atoms with Gasteiger partial charge in [-0.2, -0.15) is 0 Å². The number of morpholine rings is 1. The van der Waals surface area contributed by atoms with Crippen LogP contribution in [-0.2, 0) is 14.3 Å². The fraction of sp³-hybridized carbons (Fsp3) is 0.778. The Morgan fingerprint density at radius 1 is 1.21 bits per heavy atom. The molecule has 80 valence electrons. The SMILES string of the molecule is O=C(O)CCCC(=O)N1CCOCC1. The molecule has 0 bridgehead atoms. The van der Waals surface area contributed by atoms with E-state index in [0.29, 0.717) is 39.1 Å². The fourth-order valence-electron chi connectivity index (χ4n) is 1.36. The lowest BCUT2D eigenvalue weighted by molar-refractivity contribution is -0.138. The average molecular weight is 201 g/mol. The third-order valence-corrected chi connectivity index (χ3v) is 2.15. The van der Waals surface area contributed by atoms with E-state index in [1.54, 1.807) is 4.90 Å². The van der Waals surface area contributed by atoms with E-state index < -0.39 is 5.97 Å². The van der Waals surface area contributed by atoms with Gasteiger partial charge in [-0.3, -0.25) is 9.59 Å². The van der Waals surface area contributed by atoms with Gasteiger partial charge in [0.15, 0.2) is 0 Å². The van der Waals surface area contributed by atoms with Crippen molar-refractivity contribution in [3.8, 4) is 0 Å². The van der Waals surface area contributed by atoms with Crippen LogP contribution in [-0.4, -0.2) is 48.2 Å². The number of hydrogen-bond donors (Lipinski definition) is 1. The van der Waals surface area contributed by atoms with Crippen LogP contribution < -0.4 is 0 Å². The highest BCUT2D eigenvalue weighted by Crippen LogP contribution is 2.03. The number of hydrogen-bond acceptors (Lipinski definition) is 3. The summed E-state index contributed by atoms with van der Waals surface area (Å²) >= 11 is 0. The van der Waals surface area contributed by atoms with Crippen LogP contribution in [0.25, 0.3) is 0 Å². The Labute approximate surface area is 82.6 Å². The highest BCUT2D eigenvalue weighted by molar-refractivity contribution is 5.77. The maximum atomic E-state index is 11.5. The molecule has 1 aliphatic heterocycles. The average Bonchev–Trinajstić information content (AvgIpc) is 2.18. The minimum atomic E-state index is -0.847. The standard InChI is InChI=1S/C9H15NO4/c11-8(2-1-3-9(12)13)10-4-6-14-7-5-10/h1-7H2,(H,12,13). The van der Waals surface area contributed by atoms with Crippen molar-refractivity contribution in [2.75, 3.05) is 26.3 Å². The number of amides is 1. The number of aliphatic carboxylic acids is 1. The van der Waals surface area contributed by atoms with Gasteiger partial charge in [0.05, 0.1) is 13.2 Å². The van der Waals surface area contributed by atoms with E-state index in [4.69, 9.17) is 9.84 Å². The van der Waals surface area contributed by atoms with Crippen LogP contribution in [0.3, 0.4) is 0 Å². The van der Waals surface area contributed by atoms with Crippen LogP contribution in [0.4, 0.5) is 0 Å². The van der Waals surface area contributed by atoms with Crippen molar-refractivity contribution in [3.05, 3.63) is 0 Å². The Hall–Kier alpha value is -1.10. The molecule has 0 saturated carbocycles. The van der Waals surface area contributed by atoms with Gasteiger partial charge in [-0.25, -0.2) is 0 Å². The Bertz CT molecular complexity index is 211. The molecule has 1 heterocycles. The predicted molar refractivity (Wildman–Crippen MR) is 48.9 cm³/mol. The van der Waals surface area contributed by atoms with Crippen molar-refractivity contribution in [3.63, 3.8) is 0 Å². The van der Waals surface area contributed by atoms with Crippen molar-refractivity contribution in [2.45, 2.75) is 19.3 Å². The summed E-state index contributed by atoms with van der Waals surface area (Å²) in [5.41, 5.74) is 0. The predicted octanol–water partition coefficient (Wildman–Crippen LogP) is 0.100. The Balaban J connectivity index is 2.16. The fourth-order valence-corrected chi connectivity index (χ4v) is 1.36. The summed E-state index contributed by atoms with van der Waals surface area (Å²) in [5, 5.41) is 8.39.